The lowest BCUT2D eigenvalue weighted by Crippen LogP contribution is -2.36. The van der Waals surface area contributed by atoms with Crippen LogP contribution in [0.4, 0.5) is 10.1 Å². The second-order valence-electron chi connectivity index (χ2n) is 6.58. The predicted molar refractivity (Wildman–Crippen MR) is 108 cm³/mol. The third kappa shape index (κ3) is 5.70. The van der Waals surface area contributed by atoms with Crippen LogP contribution in [0.1, 0.15) is 12.0 Å². The van der Waals surface area contributed by atoms with Crippen LogP contribution in [-0.4, -0.2) is 45.2 Å². The number of carbonyl (C=O) groups excluding carboxylic acids is 2. The van der Waals surface area contributed by atoms with Gasteiger partial charge in [0, 0.05) is 12.1 Å². The molecule has 0 aliphatic rings. The number of aryl methyl sites for hydroxylation is 1. The summed E-state index contributed by atoms with van der Waals surface area (Å²) in [5.74, 6) is -1.67. The number of halogens is 1. The molecule has 3 aromatic rings. The molecule has 158 valence electrons. The van der Waals surface area contributed by atoms with E-state index in [0.29, 0.717) is 5.82 Å². The van der Waals surface area contributed by atoms with Crippen molar-refractivity contribution in [2.75, 3.05) is 18.1 Å². The van der Waals surface area contributed by atoms with E-state index < -0.39 is 24.3 Å². The molecule has 0 bridgehead atoms. The minimum atomic E-state index is -0.755. The quantitative estimate of drug-likeness (QED) is 0.512. The minimum absolute atomic E-state index is 0.00130. The number of nitrogens with zero attached hydrogens (tertiary/aromatic N) is 6. The first-order valence-electron chi connectivity index (χ1n) is 9.40. The van der Waals surface area contributed by atoms with Gasteiger partial charge in [0.1, 0.15) is 5.82 Å². The summed E-state index contributed by atoms with van der Waals surface area (Å²) in [6, 6.07) is 15.1. The molecule has 31 heavy (non-hydrogen) atoms. The van der Waals surface area contributed by atoms with Crippen LogP contribution in [-0.2, 0) is 20.9 Å². The molecule has 9 nitrogen and oxygen atoms in total. The minimum Gasteiger partial charge on any atom is -0.454 e. The Kier molecular flexibility index (Phi) is 7.01. The summed E-state index contributed by atoms with van der Waals surface area (Å²) in [4.78, 5) is 26.7. The van der Waals surface area contributed by atoms with Gasteiger partial charge in [-0.2, -0.15) is 10.1 Å². The monoisotopic (exact) mass is 422 g/mol. The Morgan fingerprint density at radius 2 is 1.94 bits per heavy atom. The zero-order valence-electron chi connectivity index (χ0n) is 16.7. The Labute approximate surface area is 177 Å². The first-order chi connectivity index (χ1) is 15.0. The fourth-order valence-corrected chi connectivity index (χ4v) is 2.72. The molecule has 0 fully saturated rings. The van der Waals surface area contributed by atoms with Gasteiger partial charge in [-0.05, 0) is 24.3 Å². The lowest BCUT2D eigenvalue weighted by molar-refractivity contribution is -0.148. The number of ether oxygens (including phenoxy) is 1. The number of benzene rings is 2. The van der Waals surface area contributed by atoms with E-state index in [4.69, 9.17) is 10.00 Å². The number of tetrazole rings is 1. The maximum Gasteiger partial charge on any atom is 0.330 e. The molecular weight excluding hydrogens is 403 g/mol. The molecule has 1 heterocycles. The highest BCUT2D eigenvalue weighted by atomic mass is 19.1. The van der Waals surface area contributed by atoms with Crippen LogP contribution in [0, 0.1) is 24.1 Å². The highest BCUT2D eigenvalue weighted by Gasteiger charge is 2.20. The van der Waals surface area contributed by atoms with Gasteiger partial charge in [0.2, 0.25) is 5.82 Å². The number of amides is 1. The largest absolute Gasteiger partial charge is 0.454 e. The average molecular weight is 422 g/mol. The van der Waals surface area contributed by atoms with Crippen molar-refractivity contribution in [3.63, 3.8) is 0 Å². The zero-order chi connectivity index (χ0) is 22.2. The van der Waals surface area contributed by atoms with Crippen molar-refractivity contribution in [2.45, 2.75) is 19.9 Å². The number of nitriles is 1. The lowest BCUT2D eigenvalue weighted by atomic mass is 10.1. The maximum absolute atomic E-state index is 14.1. The summed E-state index contributed by atoms with van der Waals surface area (Å²) in [6.45, 7) is 0.972. The third-order valence-corrected chi connectivity index (χ3v) is 4.28. The molecule has 0 saturated heterocycles. The van der Waals surface area contributed by atoms with Crippen LogP contribution in [0.2, 0.25) is 0 Å². The summed E-state index contributed by atoms with van der Waals surface area (Å²) in [7, 11) is 0. The Morgan fingerprint density at radius 3 is 2.65 bits per heavy atom. The van der Waals surface area contributed by atoms with E-state index in [1.807, 2.05) is 37.3 Å². The fourth-order valence-electron chi connectivity index (χ4n) is 2.72. The molecule has 0 radical (unpaired) electrons. The second-order valence-corrected chi connectivity index (χ2v) is 6.58. The summed E-state index contributed by atoms with van der Waals surface area (Å²) in [6.07, 6.45) is -0.00130. The molecule has 2 aromatic carbocycles. The van der Waals surface area contributed by atoms with E-state index in [2.05, 4.69) is 15.4 Å². The van der Waals surface area contributed by atoms with Crippen molar-refractivity contribution in [2.24, 2.45) is 0 Å². The topological polar surface area (TPSA) is 114 Å². The van der Waals surface area contributed by atoms with Gasteiger partial charge in [-0.1, -0.05) is 42.0 Å². The molecule has 0 N–H and O–H groups in total. The van der Waals surface area contributed by atoms with Crippen LogP contribution in [0.15, 0.2) is 48.5 Å². The predicted octanol–water partition coefficient (Wildman–Crippen LogP) is 2.28. The number of esters is 1. The third-order valence-electron chi connectivity index (χ3n) is 4.28. The molecule has 0 unspecified atom stereocenters. The fraction of sp³-hybridized carbons (Fsp3) is 0.238. The summed E-state index contributed by atoms with van der Waals surface area (Å²) in [5, 5.41) is 20.6. The van der Waals surface area contributed by atoms with Gasteiger partial charge in [0.05, 0.1) is 18.2 Å². The van der Waals surface area contributed by atoms with Crippen LogP contribution in [0.25, 0.3) is 11.4 Å². The van der Waals surface area contributed by atoms with Crippen molar-refractivity contribution >= 4 is 17.6 Å². The summed E-state index contributed by atoms with van der Waals surface area (Å²) < 4.78 is 19.1. The van der Waals surface area contributed by atoms with E-state index in [9.17, 15) is 14.0 Å². The lowest BCUT2D eigenvalue weighted by Gasteiger charge is -2.22. The van der Waals surface area contributed by atoms with E-state index in [0.717, 1.165) is 20.8 Å². The summed E-state index contributed by atoms with van der Waals surface area (Å²) >= 11 is 0. The van der Waals surface area contributed by atoms with E-state index in [-0.39, 0.29) is 25.2 Å². The number of para-hydroxylation sites is 1. The Morgan fingerprint density at radius 1 is 1.19 bits per heavy atom. The zero-order valence-corrected chi connectivity index (χ0v) is 16.7. The molecule has 0 aliphatic carbocycles. The van der Waals surface area contributed by atoms with Crippen LogP contribution < -0.4 is 4.90 Å². The molecule has 10 heteroatoms. The molecule has 3 rings (SSSR count). The van der Waals surface area contributed by atoms with Gasteiger partial charge >= 0.3 is 5.97 Å². The van der Waals surface area contributed by atoms with Gasteiger partial charge in [0.15, 0.2) is 13.2 Å². The molecule has 0 aliphatic heterocycles. The highest BCUT2D eigenvalue weighted by Crippen LogP contribution is 2.19. The van der Waals surface area contributed by atoms with Crippen molar-refractivity contribution in [1.29, 1.82) is 5.26 Å². The number of anilines is 1. The van der Waals surface area contributed by atoms with Crippen molar-refractivity contribution in [3.05, 3.63) is 59.9 Å². The normalized spacial score (nSPS) is 10.4. The van der Waals surface area contributed by atoms with E-state index in [1.54, 1.807) is 6.07 Å². The summed E-state index contributed by atoms with van der Waals surface area (Å²) in [5.41, 5.74) is 1.85. The number of hydrogen-bond donors (Lipinski definition) is 0. The standard InChI is InChI=1S/C21H19FN6O3/c1-15-7-9-16(10-8-15)21-24-26-28(25-21)13-20(30)31-14-19(29)27(12-4-11-23)18-6-3-2-5-17(18)22/h2-3,5-10H,4,12-14H2,1H3. The van der Waals surface area contributed by atoms with E-state index in [1.165, 1.54) is 18.2 Å². The maximum atomic E-state index is 14.1. The molecule has 0 spiro atoms. The number of rotatable bonds is 8. The molecular formula is C21H19FN6O3. The second kappa shape index (κ2) is 10.1. The first kappa shape index (κ1) is 21.6. The molecule has 0 atom stereocenters. The van der Waals surface area contributed by atoms with Crippen molar-refractivity contribution in [1.82, 2.24) is 20.2 Å². The van der Waals surface area contributed by atoms with E-state index >= 15 is 0 Å². The molecule has 1 amide bonds. The van der Waals surface area contributed by atoms with Crippen LogP contribution in [0.5, 0.6) is 0 Å². The van der Waals surface area contributed by atoms with Gasteiger partial charge in [0.25, 0.3) is 5.91 Å². The van der Waals surface area contributed by atoms with Crippen LogP contribution >= 0.6 is 0 Å². The molecule has 0 saturated carbocycles. The van der Waals surface area contributed by atoms with Crippen molar-refractivity contribution < 1.29 is 18.7 Å². The van der Waals surface area contributed by atoms with Gasteiger partial charge in [-0.15, -0.1) is 10.2 Å². The number of carbonyl (C=O) groups is 2. The number of aromatic nitrogens is 4. The Bertz CT molecular complexity index is 1110. The number of hydrogen-bond acceptors (Lipinski definition) is 7. The Balaban J connectivity index is 1.59. The van der Waals surface area contributed by atoms with Crippen LogP contribution in [0.3, 0.4) is 0 Å². The van der Waals surface area contributed by atoms with Gasteiger partial charge < -0.3 is 9.64 Å². The van der Waals surface area contributed by atoms with Gasteiger partial charge in [-0.25, -0.2) is 9.18 Å². The van der Waals surface area contributed by atoms with Crippen molar-refractivity contribution in [3.8, 4) is 17.5 Å². The smallest absolute Gasteiger partial charge is 0.330 e. The Hall–Kier alpha value is -4.13. The molecule has 1 aromatic heterocycles. The highest BCUT2D eigenvalue weighted by molar-refractivity contribution is 5.95. The van der Waals surface area contributed by atoms with Gasteiger partial charge in [-0.3, -0.25) is 4.79 Å². The SMILES string of the molecule is Cc1ccc(-c2nnn(CC(=O)OCC(=O)N(CCC#N)c3ccccc3F)n2)cc1. The average Bonchev–Trinajstić information content (AvgIpc) is 3.22. The first-order valence-corrected chi connectivity index (χ1v) is 9.40.